The van der Waals surface area contributed by atoms with Crippen molar-refractivity contribution in [2.45, 2.75) is 58.1 Å². The second-order valence-electron chi connectivity index (χ2n) is 9.87. The van der Waals surface area contributed by atoms with Gasteiger partial charge in [-0.05, 0) is 44.3 Å². The second kappa shape index (κ2) is 11.5. The zero-order chi connectivity index (χ0) is 28.1. The molecule has 11 heteroatoms. The van der Waals surface area contributed by atoms with Gasteiger partial charge in [0.2, 0.25) is 5.78 Å². The summed E-state index contributed by atoms with van der Waals surface area (Å²) >= 11 is 0. The van der Waals surface area contributed by atoms with E-state index in [0.29, 0.717) is 11.0 Å². The summed E-state index contributed by atoms with van der Waals surface area (Å²) in [6.45, 7) is 7.65. The van der Waals surface area contributed by atoms with Crippen LogP contribution in [0.1, 0.15) is 55.6 Å². The molecule has 0 atom stereocenters. The summed E-state index contributed by atoms with van der Waals surface area (Å²) in [4.78, 5) is 35.6. The van der Waals surface area contributed by atoms with Crippen LogP contribution < -0.4 is 5.32 Å². The fourth-order valence-electron chi connectivity index (χ4n) is 3.47. The molecule has 0 unspecified atom stereocenters. The van der Waals surface area contributed by atoms with Crippen LogP contribution in [0.3, 0.4) is 0 Å². The lowest BCUT2D eigenvalue weighted by molar-refractivity contribution is -0.170. The summed E-state index contributed by atoms with van der Waals surface area (Å²) in [5.41, 5.74) is 0.632. The van der Waals surface area contributed by atoms with Crippen molar-refractivity contribution in [1.29, 1.82) is 0 Å². The third kappa shape index (κ3) is 7.55. The van der Waals surface area contributed by atoms with Crippen molar-refractivity contribution in [2.75, 3.05) is 6.54 Å². The minimum absolute atomic E-state index is 0.0191. The summed E-state index contributed by atoms with van der Waals surface area (Å²) in [7, 11) is -0.805. The first kappa shape index (κ1) is 29.1. The van der Waals surface area contributed by atoms with Gasteiger partial charge >= 0.3 is 19.4 Å². The zero-order valence-electron chi connectivity index (χ0n) is 21.6. The number of ether oxygens (including phenoxy) is 1. The van der Waals surface area contributed by atoms with Crippen LogP contribution in [-0.4, -0.2) is 48.7 Å². The SMILES string of the molecule is CC1(C)OB(C(=Cc2ccc(C(=O)CC(=O)C(F)(F)F)cc2)CNC(=O)OCc2ccccc2)OC1(C)C. The van der Waals surface area contributed by atoms with E-state index in [1.54, 1.807) is 6.08 Å². The third-order valence-electron chi connectivity index (χ3n) is 6.43. The Morgan fingerprint density at radius 3 is 2.08 bits per heavy atom. The number of ketones is 2. The van der Waals surface area contributed by atoms with Gasteiger partial charge in [0.15, 0.2) is 5.78 Å². The minimum atomic E-state index is -5.06. The molecular formula is C27H29BF3NO6. The van der Waals surface area contributed by atoms with Crippen LogP contribution in [0.2, 0.25) is 0 Å². The highest BCUT2D eigenvalue weighted by Gasteiger charge is 2.52. The molecule has 7 nitrogen and oxygen atoms in total. The molecule has 1 saturated heterocycles. The molecule has 0 aromatic heterocycles. The van der Waals surface area contributed by atoms with Crippen molar-refractivity contribution in [3.8, 4) is 0 Å². The number of hydrogen-bond acceptors (Lipinski definition) is 6. The molecule has 2 aromatic carbocycles. The number of halogens is 3. The van der Waals surface area contributed by atoms with E-state index in [1.807, 2.05) is 58.0 Å². The number of alkyl carbamates (subject to hydrolysis) is 1. The molecule has 0 saturated carbocycles. The van der Waals surface area contributed by atoms with Crippen molar-refractivity contribution in [3.63, 3.8) is 0 Å². The van der Waals surface area contributed by atoms with E-state index in [-0.39, 0.29) is 18.7 Å². The monoisotopic (exact) mass is 531 g/mol. The van der Waals surface area contributed by atoms with E-state index in [4.69, 9.17) is 14.0 Å². The Balaban J connectivity index is 1.74. The summed E-state index contributed by atoms with van der Waals surface area (Å²) in [5, 5.41) is 2.68. The van der Waals surface area contributed by atoms with E-state index >= 15 is 0 Å². The number of Topliss-reactive ketones (excluding diaryl/α,β-unsaturated/α-hetero) is 2. The quantitative estimate of drug-likeness (QED) is 0.267. The molecule has 0 bridgehead atoms. The highest BCUT2D eigenvalue weighted by Crippen LogP contribution is 2.38. The molecule has 0 aliphatic carbocycles. The van der Waals surface area contributed by atoms with E-state index in [1.165, 1.54) is 24.3 Å². The van der Waals surface area contributed by atoms with Gasteiger partial charge in [0, 0.05) is 12.1 Å². The van der Waals surface area contributed by atoms with Gasteiger partial charge in [-0.1, -0.05) is 60.7 Å². The first-order valence-corrected chi connectivity index (χ1v) is 11.9. The molecule has 0 spiro atoms. The number of alkyl halides is 3. The molecular weight excluding hydrogens is 502 g/mol. The molecule has 1 amide bonds. The van der Waals surface area contributed by atoms with Crippen LogP contribution in [0, 0.1) is 0 Å². The van der Waals surface area contributed by atoms with Gasteiger partial charge in [-0.3, -0.25) is 9.59 Å². The number of nitrogens with one attached hydrogen (secondary N) is 1. The Labute approximate surface area is 219 Å². The van der Waals surface area contributed by atoms with Crippen molar-refractivity contribution in [1.82, 2.24) is 5.32 Å². The van der Waals surface area contributed by atoms with Crippen LogP contribution in [0.4, 0.5) is 18.0 Å². The molecule has 0 radical (unpaired) electrons. The van der Waals surface area contributed by atoms with Crippen molar-refractivity contribution in [3.05, 3.63) is 76.8 Å². The largest absolute Gasteiger partial charge is 0.492 e. The van der Waals surface area contributed by atoms with Crippen molar-refractivity contribution in [2.24, 2.45) is 0 Å². The van der Waals surface area contributed by atoms with E-state index in [9.17, 15) is 27.6 Å². The maximum atomic E-state index is 12.5. The number of rotatable bonds is 9. The van der Waals surface area contributed by atoms with Gasteiger partial charge in [-0.2, -0.15) is 13.2 Å². The first-order valence-electron chi connectivity index (χ1n) is 11.9. The minimum Gasteiger partial charge on any atom is -0.445 e. The highest BCUT2D eigenvalue weighted by atomic mass is 19.4. The van der Waals surface area contributed by atoms with Gasteiger partial charge in [-0.15, -0.1) is 0 Å². The molecule has 1 fully saturated rings. The molecule has 2 aromatic rings. The van der Waals surface area contributed by atoms with Crippen molar-refractivity contribution >= 4 is 30.9 Å². The summed E-state index contributed by atoms with van der Waals surface area (Å²) in [5.74, 6) is -3.03. The van der Waals surface area contributed by atoms with Crippen LogP contribution in [0.25, 0.3) is 6.08 Å². The molecule has 3 rings (SSSR count). The average Bonchev–Trinajstić information content (AvgIpc) is 3.07. The Bertz CT molecular complexity index is 1180. The lowest BCUT2D eigenvalue weighted by Crippen LogP contribution is -2.41. The summed E-state index contributed by atoms with van der Waals surface area (Å²) < 4.78 is 54.9. The molecule has 202 valence electrons. The fourth-order valence-corrected chi connectivity index (χ4v) is 3.47. The first-order chi connectivity index (χ1) is 17.7. The maximum Gasteiger partial charge on any atom is 0.492 e. The van der Waals surface area contributed by atoms with Crippen LogP contribution in [0.15, 0.2) is 60.1 Å². The normalized spacial score (nSPS) is 16.7. The highest BCUT2D eigenvalue weighted by molar-refractivity contribution is 6.56. The Hall–Kier alpha value is -3.44. The smallest absolute Gasteiger partial charge is 0.445 e. The Kier molecular flexibility index (Phi) is 8.84. The predicted octanol–water partition coefficient (Wildman–Crippen LogP) is 5.33. The van der Waals surface area contributed by atoms with Crippen LogP contribution in [-0.2, 0) is 25.4 Å². The Morgan fingerprint density at radius 1 is 0.947 bits per heavy atom. The number of amides is 1. The topological polar surface area (TPSA) is 90.9 Å². The van der Waals surface area contributed by atoms with Crippen LogP contribution >= 0.6 is 0 Å². The fraction of sp³-hybridized carbons (Fsp3) is 0.370. The number of carbonyl (C=O) groups excluding carboxylic acids is 3. The van der Waals surface area contributed by atoms with Crippen molar-refractivity contribution < 1.29 is 41.6 Å². The number of hydrogen-bond donors (Lipinski definition) is 1. The lowest BCUT2D eigenvalue weighted by Gasteiger charge is -2.32. The van der Waals surface area contributed by atoms with Gasteiger partial charge < -0.3 is 19.4 Å². The van der Waals surface area contributed by atoms with Gasteiger partial charge in [0.25, 0.3) is 0 Å². The molecule has 38 heavy (non-hydrogen) atoms. The molecule has 1 heterocycles. The number of carbonyl (C=O) groups is 3. The lowest BCUT2D eigenvalue weighted by atomic mass is 9.77. The van der Waals surface area contributed by atoms with Gasteiger partial charge in [0.1, 0.15) is 6.61 Å². The second-order valence-corrected chi connectivity index (χ2v) is 9.87. The molecule has 1 N–H and O–H groups in total. The zero-order valence-corrected chi connectivity index (χ0v) is 21.6. The van der Waals surface area contributed by atoms with Gasteiger partial charge in [0.05, 0.1) is 17.6 Å². The van der Waals surface area contributed by atoms with E-state index in [0.717, 1.165) is 5.56 Å². The van der Waals surface area contributed by atoms with E-state index in [2.05, 4.69) is 5.32 Å². The predicted molar refractivity (Wildman–Crippen MR) is 135 cm³/mol. The molecule has 1 aliphatic heterocycles. The third-order valence-corrected chi connectivity index (χ3v) is 6.43. The summed E-state index contributed by atoms with van der Waals surface area (Å²) in [6.07, 6.45) is -5.28. The average molecular weight is 531 g/mol. The van der Waals surface area contributed by atoms with Crippen LogP contribution in [0.5, 0.6) is 0 Å². The molecule has 1 aliphatic rings. The van der Waals surface area contributed by atoms with E-state index < -0.39 is 48.6 Å². The van der Waals surface area contributed by atoms with Gasteiger partial charge in [-0.25, -0.2) is 4.79 Å². The number of benzene rings is 2. The summed E-state index contributed by atoms with van der Waals surface area (Å²) in [6, 6.07) is 14.9. The maximum absolute atomic E-state index is 12.5. The Morgan fingerprint density at radius 2 is 1.53 bits per heavy atom. The standard InChI is InChI=1S/C27H29BF3NO6/c1-25(2)26(3,4)38-28(37-25)21(16-32-24(35)36-17-19-8-6-5-7-9-19)14-18-10-12-20(13-11-18)22(33)15-23(34)27(29,30)31/h5-14H,15-17H2,1-4H3,(H,32,35).